The largest absolute Gasteiger partial charge is 0.497 e. The van der Waals surface area contributed by atoms with Crippen molar-refractivity contribution in [2.24, 2.45) is 0 Å². The summed E-state index contributed by atoms with van der Waals surface area (Å²) in [5.74, 6) is 0.460. The van der Waals surface area contributed by atoms with Crippen molar-refractivity contribution in [2.75, 3.05) is 31.4 Å². The summed E-state index contributed by atoms with van der Waals surface area (Å²) in [6.45, 7) is -0.213. The van der Waals surface area contributed by atoms with Gasteiger partial charge in [0.05, 0.1) is 43.4 Å². The van der Waals surface area contributed by atoms with Crippen LogP contribution in [-0.4, -0.2) is 41.4 Å². The van der Waals surface area contributed by atoms with Crippen LogP contribution >= 0.6 is 0 Å². The van der Waals surface area contributed by atoms with Gasteiger partial charge in [0.1, 0.15) is 24.2 Å². The number of benzene rings is 2. The van der Waals surface area contributed by atoms with E-state index in [1.165, 1.54) is 37.6 Å². The highest BCUT2D eigenvalue weighted by Crippen LogP contribution is 2.33. The molecule has 0 aliphatic rings. The standard InChI is InChI=1S/C19H18F3N5O3/c1-29-13-4-5-14(17(8-13)30-2)24-9-18(28)26-15-7-12(19(20,21)22)3-6-16(15)27-11-23-10-25-27/h3-8,10-11,24H,9H2,1-2H3,(H,26,28). The third kappa shape index (κ3) is 4.80. The van der Waals surface area contributed by atoms with Crippen LogP contribution in [0, 0.1) is 0 Å². The first-order valence-electron chi connectivity index (χ1n) is 8.64. The van der Waals surface area contributed by atoms with Gasteiger partial charge in [0, 0.05) is 6.07 Å². The van der Waals surface area contributed by atoms with E-state index in [9.17, 15) is 18.0 Å². The number of carbonyl (C=O) groups excluding carboxylic acids is 1. The maximum Gasteiger partial charge on any atom is 0.416 e. The molecule has 8 nitrogen and oxygen atoms in total. The van der Waals surface area contributed by atoms with Gasteiger partial charge in [-0.3, -0.25) is 4.79 Å². The molecule has 0 atom stereocenters. The Balaban J connectivity index is 1.79. The van der Waals surface area contributed by atoms with E-state index in [0.29, 0.717) is 17.2 Å². The quantitative estimate of drug-likeness (QED) is 0.608. The number of amides is 1. The highest BCUT2D eigenvalue weighted by molar-refractivity contribution is 5.95. The van der Waals surface area contributed by atoms with Crippen molar-refractivity contribution < 1.29 is 27.4 Å². The number of methoxy groups -OCH3 is 2. The van der Waals surface area contributed by atoms with Crippen LogP contribution in [0.1, 0.15) is 5.56 Å². The fourth-order valence-corrected chi connectivity index (χ4v) is 2.66. The molecule has 0 radical (unpaired) electrons. The van der Waals surface area contributed by atoms with E-state index in [1.54, 1.807) is 18.2 Å². The van der Waals surface area contributed by atoms with Gasteiger partial charge in [0.15, 0.2) is 0 Å². The molecule has 0 unspecified atom stereocenters. The van der Waals surface area contributed by atoms with Gasteiger partial charge >= 0.3 is 6.18 Å². The second-order valence-electron chi connectivity index (χ2n) is 6.04. The van der Waals surface area contributed by atoms with Crippen molar-refractivity contribution in [1.82, 2.24) is 14.8 Å². The molecule has 3 aromatic rings. The number of halogens is 3. The molecule has 0 spiro atoms. The molecular weight excluding hydrogens is 403 g/mol. The van der Waals surface area contributed by atoms with Gasteiger partial charge in [0.25, 0.3) is 0 Å². The van der Waals surface area contributed by atoms with Crippen molar-refractivity contribution in [1.29, 1.82) is 0 Å². The third-order valence-corrected chi connectivity index (χ3v) is 4.11. The molecule has 0 saturated carbocycles. The molecule has 3 rings (SSSR count). The summed E-state index contributed by atoms with van der Waals surface area (Å²) in [4.78, 5) is 16.2. The summed E-state index contributed by atoms with van der Waals surface area (Å²) in [7, 11) is 2.98. The zero-order valence-electron chi connectivity index (χ0n) is 16.0. The Kier molecular flexibility index (Phi) is 6.09. The normalized spacial score (nSPS) is 11.1. The number of hydrogen-bond donors (Lipinski definition) is 2. The molecule has 11 heteroatoms. The lowest BCUT2D eigenvalue weighted by atomic mass is 10.1. The number of aromatic nitrogens is 3. The summed E-state index contributed by atoms with van der Waals surface area (Å²) in [5.41, 5.74) is -0.180. The van der Waals surface area contributed by atoms with Crippen molar-refractivity contribution in [2.45, 2.75) is 6.18 Å². The topological polar surface area (TPSA) is 90.3 Å². The summed E-state index contributed by atoms with van der Waals surface area (Å²) in [6, 6.07) is 7.95. The minimum Gasteiger partial charge on any atom is -0.497 e. The zero-order chi connectivity index (χ0) is 21.7. The van der Waals surface area contributed by atoms with Gasteiger partial charge in [-0.15, -0.1) is 0 Å². The molecule has 2 aromatic carbocycles. The smallest absolute Gasteiger partial charge is 0.416 e. The van der Waals surface area contributed by atoms with Crippen molar-refractivity contribution >= 4 is 17.3 Å². The lowest BCUT2D eigenvalue weighted by Gasteiger charge is -2.15. The predicted molar refractivity (Wildman–Crippen MR) is 103 cm³/mol. The molecule has 0 aliphatic carbocycles. The number of hydrogen-bond acceptors (Lipinski definition) is 6. The molecule has 30 heavy (non-hydrogen) atoms. The molecule has 0 bridgehead atoms. The average molecular weight is 421 g/mol. The van der Waals surface area contributed by atoms with Crippen LogP contribution in [0.2, 0.25) is 0 Å². The van der Waals surface area contributed by atoms with Crippen LogP contribution in [-0.2, 0) is 11.0 Å². The van der Waals surface area contributed by atoms with E-state index in [2.05, 4.69) is 20.7 Å². The molecule has 158 valence electrons. The Bertz CT molecular complexity index is 1020. The molecule has 1 amide bonds. The van der Waals surface area contributed by atoms with Crippen LogP contribution in [0.25, 0.3) is 5.69 Å². The third-order valence-electron chi connectivity index (χ3n) is 4.11. The molecule has 0 saturated heterocycles. The number of rotatable bonds is 7. The maximum atomic E-state index is 13.1. The fraction of sp³-hybridized carbons (Fsp3) is 0.211. The molecular formula is C19H18F3N5O3. The minimum absolute atomic E-state index is 0.0520. The SMILES string of the molecule is COc1ccc(NCC(=O)Nc2cc(C(F)(F)F)ccc2-n2cncn2)c(OC)c1. The summed E-state index contributed by atoms with van der Waals surface area (Å²) in [5, 5.41) is 9.28. The van der Waals surface area contributed by atoms with E-state index in [0.717, 1.165) is 12.1 Å². The van der Waals surface area contributed by atoms with Crippen LogP contribution in [0.5, 0.6) is 11.5 Å². The van der Waals surface area contributed by atoms with Gasteiger partial charge in [-0.1, -0.05) is 0 Å². The van der Waals surface area contributed by atoms with Gasteiger partial charge in [0.2, 0.25) is 5.91 Å². The molecule has 0 fully saturated rings. The molecule has 2 N–H and O–H groups in total. The number of ether oxygens (including phenoxy) is 2. The monoisotopic (exact) mass is 421 g/mol. The first-order chi connectivity index (χ1) is 14.3. The van der Waals surface area contributed by atoms with Crippen molar-refractivity contribution in [3.8, 4) is 17.2 Å². The highest BCUT2D eigenvalue weighted by Gasteiger charge is 2.31. The van der Waals surface area contributed by atoms with Gasteiger partial charge in [-0.05, 0) is 30.3 Å². The molecule has 1 heterocycles. The van der Waals surface area contributed by atoms with Crippen LogP contribution in [0.15, 0.2) is 49.1 Å². The van der Waals surface area contributed by atoms with Gasteiger partial charge in [-0.2, -0.15) is 18.3 Å². The van der Waals surface area contributed by atoms with E-state index < -0.39 is 17.6 Å². The maximum absolute atomic E-state index is 13.1. The number of carbonyl (C=O) groups is 1. The lowest BCUT2D eigenvalue weighted by molar-refractivity contribution is -0.137. The van der Waals surface area contributed by atoms with E-state index in [1.807, 2.05) is 0 Å². The lowest BCUT2D eigenvalue weighted by Crippen LogP contribution is -2.23. The average Bonchev–Trinajstić information content (AvgIpc) is 3.26. The summed E-state index contributed by atoms with van der Waals surface area (Å²) < 4.78 is 50.9. The number of alkyl halides is 3. The Hall–Kier alpha value is -3.76. The van der Waals surface area contributed by atoms with E-state index >= 15 is 0 Å². The Labute approximate surface area is 169 Å². The number of anilines is 2. The van der Waals surface area contributed by atoms with Gasteiger partial charge < -0.3 is 20.1 Å². The second kappa shape index (κ2) is 8.72. The second-order valence-corrected chi connectivity index (χ2v) is 6.04. The van der Waals surface area contributed by atoms with E-state index in [4.69, 9.17) is 9.47 Å². The van der Waals surface area contributed by atoms with Crippen LogP contribution in [0.3, 0.4) is 0 Å². The molecule has 1 aromatic heterocycles. The first-order valence-corrected chi connectivity index (χ1v) is 8.64. The van der Waals surface area contributed by atoms with E-state index in [-0.39, 0.29) is 17.9 Å². The highest BCUT2D eigenvalue weighted by atomic mass is 19.4. The fourth-order valence-electron chi connectivity index (χ4n) is 2.66. The van der Waals surface area contributed by atoms with Gasteiger partial charge in [-0.25, -0.2) is 9.67 Å². The zero-order valence-corrected chi connectivity index (χ0v) is 16.0. The molecule has 0 aliphatic heterocycles. The Morgan fingerprint density at radius 2 is 1.90 bits per heavy atom. The van der Waals surface area contributed by atoms with Crippen LogP contribution < -0.4 is 20.1 Å². The summed E-state index contributed by atoms with van der Waals surface area (Å²) >= 11 is 0. The van der Waals surface area contributed by atoms with Crippen LogP contribution in [0.4, 0.5) is 24.5 Å². The predicted octanol–water partition coefficient (Wildman–Crippen LogP) is 3.35. The minimum atomic E-state index is -4.56. The Morgan fingerprint density at radius 1 is 1.10 bits per heavy atom. The number of nitrogens with one attached hydrogen (secondary N) is 2. The summed E-state index contributed by atoms with van der Waals surface area (Å²) in [6.07, 6.45) is -2.01. The van der Waals surface area contributed by atoms with Crippen molar-refractivity contribution in [3.63, 3.8) is 0 Å². The van der Waals surface area contributed by atoms with Crippen molar-refractivity contribution in [3.05, 3.63) is 54.6 Å². The number of nitrogens with zero attached hydrogens (tertiary/aromatic N) is 3. The Morgan fingerprint density at radius 3 is 2.53 bits per heavy atom. The first kappa shape index (κ1) is 21.0.